The van der Waals surface area contributed by atoms with Crippen LogP contribution in [0.5, 0.6) is 11.5 Å². The number of hydrogen-bond acceptors (Lipinski definition) is 6. The van der Waals surface area contributed by atoms with Crippen molar-refractivity contribution in [1.82, 2.24) is 4.90 Å². The van der Waals surface area contributed by atoms with Crippen LogP contribution >= 0.6 is 0 Å². The van der Waals surface area contributed by atoms with Crippen molar-refractivity contribution in [3.8, 4) is 11.5 Å². The van der Waals surface area contributed by atoms with E-state index in [2.05, 4.69) is 60.4 Å². The van der Waals surface area contributed by atoms with Crippen molar-refractivity contribution in [3.05, 3.63) is 17.7 Å². The molecule has 2 aliphatic rings. The number of hydrogen-bond donors (Lipinski definition) is 0. The Balaban J connectivity index is 1.98. The molecule has 39 heavy (non-hydrogen) atoms. The molecule has 8 nitrogen and oxygen atoms in total. The summed E-state index contributed by atoms with van der Waals surface area (Å²) in [6, 6.07) is 3.88. The summed E-state index contributed by atoms with van der Waals surface area (Å²) in [5, 5.41) is 0.0329. The van der Waals surface area contributed by atoms with E-state index in [0.29, 0.717) is 48.9 Å². The van der Waals surface area contributed by atoms with E-state index in [-0.39, 0.29) is 29.7 Å². The van der Waals surface area contributed by atoms with E-state index in [1.807, 2.05) is 0 Å². The lowest BCUT2D eigenvalue weighted by Gasteiger charge is -2.38. The van der Waals surface area contributed by atoms with Gasteiger partial charge in [0.25, 0.3) is 11.8 Å². The molecule has 3 rings (SSSR count). The summed E-state index contributed by atoms with van der Waals surface area (Å²) in [4.78, 5) is 31.4. The molecule has 0 spiro atoms. The van der Waals surface area contributed by atoms with Gasteiger partial charge >= 0.3 is 0 Å². The van der Waals surface area contributed by atoms with Gasteiger partial charge in [0.2, 0.25) is 0 Å². The minimum Gasteiger partial charge on any atom is -0.493 e. The molecule has 0 aromatic heterocycles. The highest BCUT2D eigenvalue weighted by Gasteiger charge is 2.49. The molecule has 0 saturated carbocycles. The van der Waals surface area contributed by atoms with Gasteiger partial charge in [0.15, 0.2) is 19.8 Å². The fraction of sp³-hybridized carbons (Fsp3) is 0.724. The van der Waals surface area contributed by atoms with E-state index in [1.54, 1.807) is 29.0 Å². The van der Waals surface area contributed by atoms with Crippen LogP contribution < -0.4 is 14.4 Å². The summed E-state index contributed by atoms with van der Waals surface area (Å²) in [6.45, 7) is 21.6. The molecule has 2 heterocycles. The van der Waals surface area contributed by atoms with Crippen molar-refractivity contribution < 1.29 is 28.2 Å². The third kappa shape index (κ3) is 7.45. The normalized spacial score (nSPS) is 20.2. The first-order chi connectivity index (χ1) is 18.1. The van der Waals surface area contributed by atoms with E-state index in [1.165, 1.54) is 0 Å². The van der Waals surface area contributed by atoms with Gasteiger partial charge in [-0.05, 0) is 36.7 Å². The number of carbonyl (C=O) groups is 2. The van der Waals surface area contributed by atoms with Gasteiger partial charge in [0, 0.05) is 33.7 Å². The number of nitrogens with zero attached hydrogens (tertiary/aromatic N) is 2. The molecule has 10 heteroatoms. The van der Waals surface area contributed by atoms with Crippen molar-refractivity contribution in [3.63, 3.8) is 0 Å². The second kappa shape index (κ2) is 12.3. The Bertz CT molecular complexity index is 1030. The third-order valence-electron chi connectivity index (χ3n) is 8.12. The second-order valence-electron chi connectivity index (χ2n) is 13.5. The van der Waals surface area contributed by atoms with Crippen molar-refractivity contribution in [2.45, 2.75) is 103 Å². The van der Waals surface area contributed by atoms with Crippen molar-refractivity contribution in [2.75, 3.05) is 38.5 Å². The monoisotopic (exact) mass is 578 g/mol. The minimum atomic E-state index is -2.08. The summed E-state index contributed by atoms with van der Waals surface area (Å²) >= 11 is 0. The van der Waals surface area contributed by atoms with Crippen LogP contribution in [0, 0.1) is 0 Å². The first-order valence-corrected chi connectivity index (χ1v) is 20.9. The fourth-order valence-corrected chi connectivity index (χ4v) is 6.71. The van der Waals surface area contributed by atoms with Crippen LogP contribution in [0.1, 0.15) is 57.3 Å². The predicted molar refractivity (Wildman–Crippen MR) is 161 cm³/mol. The highest BCUT2D eigenvalue weighted by Crippen LogP contribution is 2.42. The zero-order chi connectivity index (χ0) is 29.2. The molecule has 1 fully saturated rings. The summed E-state index contributed by atoms with van der Waals surface area (Å²) in [7, 11) is -1.81. The Labute approximate surface area is 237 Å². The third-order valence-corrected chi connectivity index (χ3v) is 14.4. The Morgan fingerprint density at radius 2 is 1.72 bits per heavy atom. The molecule has 2 amide bonds. The maximum atomic E-state index is 14.1. The van der Waals surface area contributed by atoms with Crippen LogP contribution in [-0.2, 0) is 14.0 Å². The molecule has 0 unspecified atom stereocenters. The molecule has 1 saturated heterocycles. The van der Waals surface area contributed by atoms with Gasteiger partial charge < -0.3 is 23.5 Å². The SMILES string of the molecule is CCCCOc1cc2c(cc1OC)N(COCC[Si](C)(C)C)C(=O)[C@@H]1C[C@@H](O[Si](C)(C)C(C)(C)C)CN1C2=O. The Morgan fingerprint density at radius 1 is 1.03 bits per heavy atom. The highest BCUT2D eigenvalue weighted by atomic mass is 28.4. The molecule has 2 aliphatic heterocycles. The molecular weight excluding hydrogens is 528 g/mol. The maximum absolute atomic E-state index is 14.1. The van der Waals surface area contributed by atoms with Crippen molar-refractivity contribution in [1.29, 1.82) is 0 Å². The number of carbonyl (C=O) groups excluding carboxylic acids is 2. The van der Waals surface area contributed by atoms with Crippen LogP contribution in [0.25, 0.3) is 0 Å². The van der Waals surface area contributed by atoms with Crippen LogP contribution in [-0.4, -0.2) is 78.9 Å². The lowest BCUT2D eigenvalue weighted by Crippen LogP contribution is -2.45. The van der Waals surface area contributed by atoms with Crippen LogP contribution in [0.4, 0.5) is 5.69 Å². The molecule has 0 aliphatic carbocycles. The average molecular weight is 579 g/mol. The number of benzene rings is 1. The summed E-state index contributed by atoms with van der Waals surface area (Å²) in [5.74, 6) is 0.686. The van der Waals surface area contributed by atoms with Crippen molar-refractivity contribution >= 4 is 33.9 Å². The molecular formula is C29H50N2O6Si2. The standard InChI is InChI=1S/C29H50N2O6Si2/c1-11-12-13-36-26-17-22-23(18-25(26)34-5)31(20-35-14-15-38(6,7)8)28(33)24-16-21(19-30(24)27(22)32)37-39(9,10)29(2,3)4/h17-18,21,24H,11-16,19-20H2,1-10H3/t21-,24+/m1/s1. The van der Waals surface area contributed by atoms with E-state index in [4.69, 9.17) is 18.6 Å². The zero-order valence-electron chi connectivity index (χ0n) is 25.8. The topological polar surface area (TPSA) is 77.5 Å². The Hall–Kier alpha value is -1.89. The highest BCUT2D eigenvalue weighted by molar-refractivity contribution is 6.76. The molecule has 1 aromatic carbocycles. The fourth-order valence-electron chi connectivity index (χ4n) is 4.60. The first kappa shape index (κ1) is 31.6. The average Bonchev–Trinajstić information content (AvgIpc) is 3.22. The summed E-state index contributed by atoms with van der Waals surface area (Å²) in [5.41, 5.74) is 0.939. The van der Waals surface area contributed by atoms with Crippen molar-refractivity contribution in [2.24, 2.45) is 0 Å². The molecule has 2 atom stereocenters. The van der Waals surface area contributed by atoms with Gasteiger partial charge in [-0.3, -0.25) is 14.5 Å². The quantitative estimate of drug-likeness (QED) is 0.219. The zero-order valence-corrected chi connectivity index (χ0v) is 27.8. The van der Waals surface area contributed by atoms with Gasteiger partial charge in [-0.2, -0.15) is 0 Å². The molecule has 0 N–H and O–H groups in total. The number of ether oxygens (including phenoxy) is 3. The largest absolute Gasteiger partial charge is 0.493 e. The molecule has 0 radical (unpaired) electrons. The Kier molecular flexibility index (Phi) is 10.00. The van der Waals surface area contributed by atoms with Gasteiger partial charge in [-0.1, -0.05) is 53.8 Å². The van der Waals surface area contributed by atoms with Gasteiger partial charge in [0.05, 0.1) is 31.1 Å². The van der Waals surface area contributed by atoms with E-state index >= 15 is 0 Å². The number of methoxy groups -OCH3 is 1. The predicted octanol–water partition coefficient (Wildman–Crippen LogP) is 6.14. The lowest BCUT2D eigenvalue weighted by atomic mass is 10.1. The van der Waals surface area contributed by atoms with Gasteiger partial charge in [-0.25, -0.2) is 0 Å². The number of anilines is 1. The van der Waals surface area contributed by atoms with Gasteiger partial charge in [-0.15, -0.1) is 0 Å². The molecule has 1 aromatic rings. The first-order valence-electron chi connectivity index (χ1n) is 14.3. The number of fused-ring (bicyclic) bond motifs is 2. The smallest absolute Gasteiger partial charge is 0.256 e. The van der Waals surface area contributed by atoms with Crippen LogP contribution in [0.15, 0.2) is 12.1 Å². The summed E-state index contributed by atoms with van der Waals surface area (Å²) < 4.78 is 24.4. The molecule has 220 valence electrons. The second-order valence-corrected chi connectivity index (χ2v) is 23.9. The van der Waals surface area contributed by atoms with E-state index in [0.717, 1.165) is 18.9 Å². The Morgan fingerprint density at radius 3 is 2.31 bits per heavy atom. The number of rotatable bonds is 12. The van der Waals surface area contributed by atoms with Crippen LogP contribution in [0.2, 0.25) is 43.8 Å². The summed E-state index contributed by atoms with van der Waals surface area (Å²) in [6.07, 6.45) is 2.19. The number of unbranched alkanes of at least 4 members (excludes halogenated alkanes) is 1. The number of amides is 2. The van der Waals surface area contributed by atoms with E-state index in [9.17, 15) is 9.59 Å². The van der Waals surface area contributed by atoms with Gasteiger partial charge in [0.1, 0.15) is 12.8 Å². The minimum absolute atomic E-state index is 0.0329. The molecule has 0 bridgehead atoms. The lowest BCUT2D eigenvalue weighted by molar-refractivity contribution is -0.123. The van der Waals surface area contributed by atoms with Crippen LogP contribution in [0.3, 0.4) is 0 Å². The maximum Gasteiger partial charge on any atom is 0.256 e. The van der Waals surface area contributed by atoms with E-state index < -0.39 is 22.4 Å².